The molecule has 2 aliphatic rings. The second-order valence-electron chi connectivity index (χ2n) is 8.86. The van der Waals surface area contributed by atoms with Crippen LogP contribution in [0.4, 0.5) is 10.5 Å². The number of anilines is 1. The fourth-order valence-corrected chi connectivity index (χ4v) is 3.79. The fraction of sp³-hybridized carbons (Fsp3) is 0.348. The molecule has 4 rings (SSSR count). The molecule has 0 aliphatic carbocycles. The van der Waals surface area contributed by atoms with Crippen LogP contribution in [0.5, 0.6) is 11.5 Å². The van der Waals surface area contributed by atoms with Crippen LogP contribution in [0.2, 0.25) is 0 Å². The monoisotopic (exact) mass is 440 g/mol. The summed E-state index contributed by atoms with van der Waals surface area (Å²) < 4.78 is 11.3. The number of nitrogens with one attached hydrogen (secondary N) is 1. The smallest absolute Gasteiger partial charge is 0.411 e. The molecular formula is C23H24N2O7. The SMILES string of the molecule is CC(C)(C)OC(=O)N1Cc2cc3c(cc2CC1C(=O)O)NC(=O)C(c1ccc(O)cc1)O3. The number of hydrogen-bond acceptors (Lipinski definition) is 6. The van der Waals surface area contributed by atoms with Crippen molar-refractivity contribution < 1.29 is 34.1 Å². The fourth-order valence-electron chi connectivity index (χ4n) is 3.79. The first-order valence-electron chi connectivity index (χ1n) is 10.2. The quantitative estimate of drug-likeness (QED) is 0.655. The van der Waals surface area contributed by atoms with Crippen molar-refractivity contribution in [3.63, 3.8) is 0 Å². The number of rotatable bonds is 2. The molecule has 2 aliphatic heterocycles. The van der Waals surface area contributed by atoms with E-state index in [4.69, 9.17) is 9.47 Å². The van der Waals surface area contributed by atoms with E-state index < -0.39 is 29.8 Å². The maximum atomic E-state index is 12.7. The summed E-state index contributed by atoms with van der Waals surface area (Å²) in [6.07, 6.45) is -1.53. The normalized spacial score (nSPS) is 19.8. The number of carbonyl (C=O) groups excluding carboxylic acids is 2. The zero-order valence-corrected chi connectivity index (χ0v) is 17.9. The summed E-state index contributed by atoms with van der Waals surface area (Å²) in [5, 5.41) is 22.0. The lowest BCUT2D eigenvalue weighted by Gasteiger charge is -2.36. The second kappa shape index (κ2) is 7.74. The van der Waals surface area contributed by atoms with E-state index in [1.54, 1.807) is 45.0 Å². The summed E-state index contributed by atoms with van der Waals surface area (Å²) in [5.74, 6) is -1.01. The standard InChI is InChI=1S/C23H24N2O7/c1-23(2,3)32-22(30)25-11-14-10-18-16(8-13(14)9-17(25)21(28)29)24-20(27)19(31-18)12-4-6-15(26)7-5-12/h4-8,10,17,19,26H,9,11H2,1-3H3,(H,24,27)(H,28,29). The zero-order chi connectivity index (χ0) is 23.2. The number of ether oxygens (including phenoxy) is 2. The van der Waals surface area contributed by atoms with Crippen molar-refractivity contribution in [2.75, 3.05) is 5.32 Å². The van der Waals surface area contributed by atoms with Crippen LogP contribution < -0.4 is 10.1 Å². The lowest BCUT2D eigenvalue weighted by atomic mass is 9.92. The summed E-state index contributed by atoms with van der Waals surface area (Å²) in [4.78, 5) is 38.3. The van der Waals surface area contributed by atoms with E-state index in [9.17, 15) is 24.6 Å². The van der Waals surface area contributed by atoms with Crippen LogP contribution in [0.15, 0.2) is 36.4 Å². The summed E-state index contributed by atoms with van der Waals surface area (Å²) >= 11 is 0. The molecule has 2 aromatic rings. The Bertz CT molecular complexity index is 1090. The topological polar surface area (TPSA) is 125 Å². The lowest BCUT2D eigenvalue weighted by Crippen LogP contribution is -2.50. The average Bonchev–Trinajstić information content (AvgIpc) is 2.70. The number of phenolic OH excluding ortho intramolecular Hbond substituents is 1. The van der Waals surface area contributed by atoms with Gasteiger partial charge in [0.05, 0.1) is 12.2 Å². The first-order valence-corrected chi connectivity index (χ1v) is 10.2. The molecule has 2 aromatic carbocycles. The highest BCUT2D eigenvalue weighted by molar-refractivity contribution is 5.98. The number of aliphatic carboxylic acids is 1. The van der Waals surface area contributed by atoms with Gasteiger partial charge in [-0.3, -0.25) is 9.69 Å². The van der Waals surface area contributed by atoms with E-state index in [0.717, 1.165) is 0 Å². The van der Waals surface area contributed by atoms with Gasteiger partial charge in [-0.05, 0) is 56.2 Å². The van der Waals surface area contributed by atoms with Crippen LogP contribution >= 0.6 is 0 Å². The van der Waals surface area contributed by atoms with Crippen molar-refractivity contribution in [1.29, 1.82) is 0 Å². The van der Waals surface area contributed by atoms with Gasteiger partial charge in [0.1, 0.15) is 23.1 Å². The van der Waals surface area contributed by atoms with Gasteiger partial charge in [-0.25, -0.2) is 9.59 Å². The Labute approximate surface area is 184 Å². The number of carboxylic acid groups (broad SMARTS) is 1. The maximum absolute atomic E-state index is 12.7. The molecule has 0 bridgehead atoms. The van der Waals surface area contributed by atoms with E-state index in [1.165, 1.54) is 17.0 Å². The molecule has 2 heterocycles. The third kappa shape index (κ3) is 4.18. The molecule has 0 saturated carbocycles. The minimum Gasteiger partial charge on any atom is -0.508 e. The summed E-state index contributed by atoms with van der Waals surface area (Å²) in [7, 11) is 0. The third-order valence-electron chi connectivity index (χ3n) is 5.28. The number of carboxylic acids is 1. The van der Waals surface area contributed by atoms with E-state index in [-0.39, 0.29) is 24.6 Å². The number of carbonyl (C=O) groups is 3. The molecule has 2 atom stereocenters. The Balaban J connectivity index is 1.65. The molecule has 168 valence electrons. The zero-order valence-electron chi connectivity index (χ0n) is 17.9. The molecule has 2 unspecified atom stereocenters. The molecule has 0 aromatic heterocycles. The number of amides is 2. The Morgan fingerprint density at radius 2 is 1.84 bits per heavy atom. The summed E-state index contributed by atoms with van der Waals surface area (Å²) in [6, 6.07) is 8.47. The number of aromatic hydroxyl groups is 1. The first kappa shape index (κ1) is 21.5. The van der Waals surface area contributed by atoms with Gasteiger partial charge in [-0.15, -0.1) is 0 Å². The number of benzene rings is 2. The van der Waals surface area contributed by atoms with E-state index in [2.05, 4.69) is 5.32 Å². The first-order chi connectivity index (χ1) is 15.0. The molecule has 2 amide bonds. The Hall–Kier alpha value is -3.75. The molecular weight excluding hydrogens is 416 g/mol. The van der Waals surface area contributed by atoms with Gasteiger partial charge in [0.15, 0.2) is 0 Å². The maximum Gasteiger partial charge on any atom is 0.411 e. The minimum absolute atomic E-state index is 0.0374. The molecule has 9 heteroatoms. The molecule has 0 fully saturated rings. The average molecular weight is 440 g/mol. The second-order valence-corrected chi connectivity index (χ2v) is 8.86. The van der Waals surface area contributed by atoms with Gasteiger partial charge < -0.3 is 25.0 Å². The van der Waals surface area contributed by atoms with Gasteiger partial charge in [-0.1, -0.05) is 12.1 Å². The molecule has 9 nitrogen and oxygen atoms in total. The van der Waals surface area contributed by atoms with Gasteiger partial charge in [0.25, 0.3) is 5.91 Å². The highest BCUT2D eigenvalue weighted by Crippen LogP contribution is 2.39. The largest absolute Gasteiger partial charge is 0.508 e. The van der Waals surface area contributed by atoms with Gasteiger partial charge in [-0.2, -0.15) is 0 Å². The van der Waals surface area contributed by atoms with E-state index in [1.807, 2.05) is 0 Å². The highest BCUT2D eigenvalue weighted by atomic mass is 16.6. The molecule has 0 saturated heterocycles. The van der Waals surface area contributed by atoms with Crippen LogP contribution in [0.1, 0.15) is 43.6 Å². The van der Waals surface area contributed by atoms with Crippen LogP contribution in [0.3, 0.4) is 0 Å². The highest BCUT2D eigenvalue weighted by Gasteiger charge is 2.38. The predicted octanol–water partition coefficient (Wildman–Crippen LogP) is 3.21. The predicted molar refractivity (Wildman–Crippen MR) is 113 cm³/mol. The lowest BCUT2D eigenvalue weighted by molar-refractivity contribution is -0.143. The van der Waals surface area contributed by atoms with Crippen molar-refractivity contribution in [3.8, 4) is 11.5 Å². The van der Waals surface area contributed by atoms with Crippen molar-refractivity contribution in [2.24, 2.45) is 0 Å². The summed E-state index contributed by atoms with van der Waals surface area (Å²) in [5.41, 5.74) is 1.68. The van der Waals surface area contributed by atoms with E-state index >= 15 is 0 Å². The number of hydrogen-bond donors (Lipinski definition) is 3. The van der Waals surface area contributed by atoms with Crippen LogP contribution in [-0.2, 0) is 27.3 Å². The van der Waals surface area contributed by atoms with E-state index in [0.29, 0.717) is 28.1 Å². The number of phenols is 1. The van der Waals surface area contributed by atoms with Crippen molar-refractivity contribution in [3.05, 3.63) is 53.1 Å². The van der Waals surface area contributed by atoms with Crippen molar-refractivity contribution >= 4 is 23.7 Å². The van der Waals surface area contributed by atoms with Gasteiger partial charge >= 0.3 is 12.1 Å². The number of fused-ring (bicyclic) bond motifs is 2. The third-order valence-corrected chi connectivity index (χ3v) is 5.28. The molecule has 3 N–H and O–H groups in total. The number of nitrogens with zero attached hydrogens (tertiary/aromatic N) is 1. The van der Waals surface area contributed by atoms with Gasteiger partial charge in [0, 0.05) is 12.0 Å². The van der Waals surface area contributed by atoms with Crippen LogP contribution in [-0.4, -0.2) is 44.7 Å². The van der Waals surface area contributed by atoms with Crippen LogP contribution in [0.25, 0.3) is 0 Å². The molecule has 32 heavy (non-hydrogen) atoms. The van der Waals surface area contributed by atoms with Crippen molar-refractivity contribution in [2.45, 2.75) is 51.5 Å². The van der Waals surface area contributed by atoms with Crippen molar-refractivity contribution in [1.82, 2.24) is 4.90 Å². The Morgan fingerprint density at radius 1 is 1.16 bits per heavy atom. The Kier molecular flexibility index (Phi) is 5.20. The van der Waals surface area contributed by atoms with Gasteiger partial charge in [0.2, 0.25) is 6.10 Å². The molecule has 0 spiro atoms. The minimum atomic E-state index is -1.13. The Morgan fingerprint density at radius 3 is 2.47 bits per heavy atom. The molecule has 0 radical (unpaired) electrons. The van der Waals surface area contributed by atoms with Crippen LogP contribution in [0, 0.1) is 0 Å². The summed E-state index contributed by atoms with van der Waals surface area (Å²) in [6.45, 7) is 5.19.